The lowest BCUT2D eigenvalue weighted by Gasteiger charge is -2.15. The van der Waals surface area contributed by atoms with Crippen LogP contribution in [0.25, 0.3) is 0 Å². The van der Waals surface area contributed by atoms with Gasteiger partial charge < -0.3 is 5.11 Å². The van der Waals surface area contributed by atoms with Gasteiger partial charge in [-0.2, -0.15) is 0 Å². The van der Waals surface area contributed by atoms with Crippen molar-refractivity contribution < 1.29 is 27.6 Å². The number of benzene rings is 1. The summed E-state index contributed by atoms with van der Waals surface area (Å²) in [5.41, 5.74) is -0.936. The lowest BCUT2D eigenvalue weighted by molar-refractivity contribution is -0.385. The maximum Gasteiger partial charge on any atom is 0.307 e. The van der Waals surface area contributed by atoms with E-state index in [1.54, 1.807) is 13.8 Å². The third-order valence-electron chi connectivity index (χ3n) is 3.42. The Morgan fingerprint density at radius 1 is 1.42 bits per heavy atom. The second-order valence-electron chi connectivity index (χ2n) is 5.82. The number of nitrogens with zero attached hydrogens (tertiary/aromatic N) is 1. The normalized spacial score (nSPS) is 13.0. The van der Waals surface area contributed by atoms with Gasteiger partial charge in [0.25, 0.3) is 5.69 Å². The zero-order valence-corrected chi connectivity index (χ0v) is 14.3. The van der Waals surface area contributed by atoms with E-state index in [2.05, 4.69) is 4.72 Å². The number of carboxylic acid groups (broad SMARTS) is 1. The predicted octanol–water partition coefficient (Wildman–Crippen LogP) is 2.07. The Labute approximate surface area is 138 Å². The molecule has 0 saturated heterocycles. The van der Waals surface area contributed by atoms with Crippen LogP contribution in [0.5, 0.6) is 0 Å². The van der Waals surface area contributed by atoms with Gasteiger partial charge in [0, 0.05) is 12.6 Å². The van der Waals surface area contributed by atoms with Crippen molar-refractivity contribution in [1.82, 2.24) is 4.72 Å². The van der Waals surface area contributed by atoms with Gasteiger partial charge in [-0.05, 0) is 25.3 Å². The molecule has 10 heteroatoms. The van der Waals surface area contributed by atoms with Crippen LogP contribution in [-0.4, -0.2) is 31.0 Å². The molecule has 0 aromatic heterocycles. The van der Waals surface area contributed by atoms with Crippen LogP contribution in [0, 0.1) is 34.7 Å². The molecule has 0 amide bonds. The lowest BCUT2D eigenvalue weighted by Crippen LogP contribution is -2.33. The highest BCUT2D eigenvalue weighted by Crippen LogP contribution is 2.25. The van der Waals surface area contributed by atoms with E-state index in [-0.39, 0.29) is 24.4 Å². The van der Waals surface area contributed by atoms with Gasteiger partial charge in [0.2, 0.25) is 10.0 Å². The summed E-state index contributed by atoms with van der Waals surface area (Å²) in [6.07, 6.45) is 0.250. The van der Waals surface area contributed by atoms with Crippen LogP contribution in [0.3, 0.4) is 0 Å². The number of sulfonamides is 1. The SMILES string of the molecule is Cc1c(F)cc(S(=O)(=O)NCC(CC(C)C)C(=O)O)cc1[N+](=O)[O-]. The summed E-state index contributed by atoms with van der Waals surface area (Å²) in [6.45, 7) is 4.37. The topological polar surface area (TPSA) is 127 Å². The summed E-state index contributed by atoms with van der Waals surface area (Å²) in [6, 6.07) is 1.42. The largest absolute Gasteiger partial charge is 0.481 e. The zero-order chi connectivity index (χ0) is 18.7. The van der Waals surface area contributed by atoms with Gasteiger partial charge in [0.15, 0.2) is 0 Å². The number of nitro benzene ring substituents is 1. The molecule has 2 N–H and O–H groups in total. The summed E-state index contributed by atoms with van der Waals surface area (Å²) in [5, 5.41) is 20.0. The first-order valence-electron chi connectivity index (χ1n) is 7.12. The maximum atomic E-state index is 13.7. The van der Waals surface area contributed by atoms with E-state index >= 15 is 0 Å². The molecule has 0 fully saturated rings. The van der Waals surface area contributed by atoms with Gasteiger partial charge in [-0.3, -0.25) is 14.9 Å². The Kier molecular flexibility index (Phi) is 6.38. The smallest absolute Gasteiger partial charge is 0.307 e. The number of aliphatic carboxylic acids is 1. The minimum absolute atomic E-state index is 0.0357. The van der Waals surface area contributed by atoms with Crippen molar-refractivity contribution in [2.45, 2.75) is 32.1 Å². The Hall–Kier alpha value is -2.07. The summed E-state index contributed by atoms with van der Waals surface area (Å²) >= 11 is 0. The fourth-order valence-electron chi connectivity index (χ4n) is 2.12. The number of hydrogen-bond donors (Lipinski definition) is 2. The van der Waals surface area contributed by atoms with Crippen molar-refractivity contribution in [3.8, 4) is 0 Å². The fourth-order valence-corrected chi connectivity index (χ4v) is 3.23. The van der Waals surface area contributed by atoms with E-state index in [9.17, 15) is 27.7 Å². The van der Waals surface area contributed by atoms with E-state index in [0.29, 0.717) is 6.07 Å². The number of carbonyl (C=O) groups is 1. The van der Waals surface area contributed by atoms with Crippen molar-refractivity contribution in [2.24, 2.45) is 11.8 Å². The Bertz CT molecular complexity index is 748. The summed E-state index contributed by atoms with van der Waals surface area (Å²) in [5.74, 6) is -3.10. The van der Waals surface area contributed by atoms with Crippen molar-refractivity contribution in [3.05, 3.63) is 33.6 Å². The van der Waals surface area contributed by atoms with Crippen LogP contribution < -0.4 is 4.72 Å². The monoisotopic (exact) mass is 362 g/mol. The molecule has 0 heterocycles. The summed E-state index contributed by atoms with van der Waals surface area (Å²) in [4.78, 5) is 20.5. The highest BCUT2D eigenvalue weighted by Gasteiger charge is 2.26. The molecule has 1 aromatic rings. The van der Waals surface area contributed by atoms with E-state index in [0.717, 1.165) is 6.07 Å². The van der Waals surface area contributed by atoms with Crippen LogP contribution in [0.4, 0.5) is 10.1 Å². The van der Waals surface area contributed by atoms with Crippen molar-refractivity contribution in [2.75, 3.05) is 6.54 Å². The van der Waals surface area contributed by atoms with Crippen molar-refractivity contribution >= 4 is 21.7 Å². The average Bonchev–Trinajstić information content (AvgIpc) is 2.45. The molecule has 1 rings (SSSR count). The minimum atomic E-state index is -4.28. The Morgan fingerprint density at radius 3 is 2.46 bits per heavy atom. The van der Waals surface area contributed by atoms with E-state index in [1.165, 1.54) is 6.92 Å². The number of nitro groups is 1. The molecular weight excluding hydrogens is 343 g/mol. The molecule has 0 aliphatic rings. The van der Waals surface area contributed by atoms with E-state index in [1.807, 2.05) is 0 Å². The average molecular weight is 362 g/mol. The molecule has 0 saturated carbocycles. The standard InChI is InChI=1S/C14H19FN2O6S/c1-8(2)4-10(14(18)19)7-16-24(22,23)11-5-12(15)9(3)13(6-11)17(20)21/h5-6,8,10,16H,4,7H2,1-3H3,(H,18,19). The fraction of sp³-hybridized carbons (Fsp3) is 0.500. The van der Waals surface area contributed by atoms with Crippen LogP contribution in [-0.2, 0) is 14.8 Å². The molecular formula is C14H19FN2O6S. The van der Waals surface area contributed by atoms with Gasteiger partial charge in [-0.25, -0.2) is 17.5 Å². The first-order chi connectivity index (χ1) is 11.0. The number of halogens is 1. The molecule has 1 aromatic carbocycles. The molecule has 1 atom stereocenters. The third-order valence-corrected chi connectivity index (χ3v) is 4.83. The summed E-state index contributed by atoms with van der Waals surface area (Å²) in [7, 11) is -4.28. The van der Waals surface area contributed by atoms with E-state index < -0.39 is 43.2 Å². The van der Waals surface area contributed by atoms with E-state index in [4.69, 9.17) is 5.11 Å². The Balaban J connectivity index is 3.08. The molecule has 134 valence electrons. The molecule has 1 unspecified atom stereocenters. The highest BCUT2D eigenvalue weighted by molar-refractivity contribution is 7.89. The molecule has 0 radical (unpaired) electrons. The predicted molar refractivity (Wildman–Crippen MR) is 83.6 cm³/mol. The van der Waals surface area contributed by atoms with Gasteiger partial charge in [-0.1, -0.05) is 13.8 Å². The van der Waals surface area contributed by atoms with Crippen molar-refractivity contribution in [1.29, 1.82) is 0 Å². The number of carboxylic acids is 1. The summed E-state index contributed by atoms with van der Waals surface area (Å²) < 4.78 is 40.2. The number of rotatable bonds is 8. The number of hydrogen-bond acceptors (Lipinski definition) is 5. The van der Waals surface area contributed by atoms with Gasteiger partial charge in [0.1, 0.15) is 5.82 Å². The lowest BCUT2D eigenvalue weighted by atomic mass is 9.98. The van der Waals surface area contributed by atoms with Crippen molar-refractivity contribution in [3.63, 3.8) is 0 Å². The minimum Gasteiger partial charge on any atom is -0.481 e. The van der Waals surface area contributed by atoms with Crippen LogP contribution in [0.1, 0.15) is 25.8 Å². The van der Waals surface area contributed by atoms with Gasteiger partial charge in [-0.15, -0.1) is 0 Å². The highest BCUT2D eigenvalue weighted by atomic mass is 32.2. The molecule has 24 heavy (non-hydrogen) atoms. The second kappa shape index (κ2) is 7.67. The second-order valence-corrected chi connectivity index (χ2v) is 7.59. The van der Waals surface area contributed by atoms with Crippen LogP contribution >= 0.6 is 0 Å². The van der Waals surface area contributed by atoms with Crippen LogP contribution in [0.2, 0.25) is 0 Å². The quantitative estimate of drug-likeness (QED) is 0.538. The maximum absolute atomic E-state index is 13.7. The molecule has 0 spiro atoms. The molecule has 0 aliphatic heterocycles. The van der Waals surface area contributed by atoms with Gasteiger partial charge >= 0.3 is 5.97 Å². The first-order valence-corrected chi connectivity index (χ1v) is 8.61. The number of nitrogens with one attached hydrogen (secondary N) is 1. The molecule has 0 aliphatic carbocycles. The van der Waals surface area contributed by atoms with Gasteiger partial charge in [0.05, 0.1) is 21.3 Å². The van der Waals surface area contributed by atoms with Crippen LogP contribution in [0.15, 0.2) is 17.0 Å². The zero-order valence-electron chi connectivity index (χ0n) is 13.4. The molecule has 8 nitrogen and oxygen atoms in total. The molecule has 0 bridgehead atoms. The first kappa shape index (κ1) is 20.0. The third kappa shape index (κ3) is 4.96. The Morgan fingerprint density at radius 2 is 2.00 bits per heavy atom.